The molecule has 2 fully saturated rings. The summed E-state index contributed by atoms with van der Waals surface area (Å²) in [6, 6.07) is -1.57. The van der Waals surface area contributed by atoms with Gasteiger partial charge < -0.3 is 90.3 Å². The second kappa shape index (κ2) is 17.8. The Hall–Kier alpha value is -0.990. The zero-order chi connectivity index (χ0) is 32.8. The van der Waals surface area contributed by atoms with Gasteiger partial charge in [-0.3, -0.25) is 4.79 Å². The van der Waals surface area contributed by atoms with E-state index in [-0.39, 0.29) is 35.8 Å². The summed E-state index contributed by atoms with van der Waals surface area (Å²) >= 11 is 0. The van der Waals surface area contributed by atoms with Crippen LogP contribution in [0, 0.1) is 0 Å². The third kappa shape index (κ3) is 9.30. The van der Waals surface area contributed by atoms with Gasteiger partial charge in [-0.15, -0.1) is 0 Å². The number of carbonyl (C=O) groups is 3. The predicted octanol–water partition coefficient (Wildman–Crippen LogP) is -8.76. The van der Waals surface area contributed by atoms with Crippen LogP contribution in [0.5, 0.6) is 0 Å². The molecular formula is C23H39NNaO19. The fourth-order valence-corrected chi connectivity index (χ4v) is 4.71. The SMILES string of the molecule is CC(=O)N[C@H]1[C@H]([C@H](O)[C@H](O)CO)O[C@@](O[C@H]2[C@@H](O)[C@@H](CO)O[C@@H](O[C@@H]([C@H](O)[C@@H](O)C=O)[C@H](O)CO)[C@@H]2O)(C(=O)O)C[C@@H]1O.[Na]. The number of amides is 1. The number of aliphatic hydroxyl groups is 11. The van der Waals surface area contributed by atoms with E-state index in [1.54, 1.807) is 0 Å². The molecule has 13 N–H and O–H groups in total. The summed E-state index contributed by atoms with van der Waals surface area (Å²) in [5.41, 5.74) is 0. The minimum atomic E-state index is -3.07. The third-order valence-corrected chi connectivity index (χ3v) is 7.02. The largest absolute Gasteiger partial charge is 0.477 e. The van der Waals surface area contributed by atoms with Crippen LogP contribution in [0.2, 0.25) is 0 Å². The maximum atomic E-state index is 12.5. The van der Waals surface area contributed by atoms with Gasteiger partial charge in [-0.2, -0.15) is 0 Å². The average molecular weight is 657 g/mol. The molecule has 1 amide bonds. The van der Waals surface area contributed by atoms with E-state index in [0.717, 1.165) is 6.92 Å². The summed E-state index contributed by atoms with van der Waals surface area (Å²) in [5, 5.41) is 124. The average Bonchev–Trinajstić information content (AvgIpc) is 2.97. The van der Waals surface area contributed by atoms with Crippen LogP contribution in [0.1, 0.15) is 13.3 Å². The molecule has 2 aliphatic heterocycles. The molecule has 2 saturated heterocycles. The number of rotatable bonds is 15. The Morgan fingerprint density at radius 2 is 1.61 bits per heavy atom. The summed E-state index contributed by atoms with van der Waals surface area (Å²) in [6.07, 6.45) is -28.0. The van der Waals surface area contributed by atoms with Gasteiger partial charge in [0.05, 0.1) is 32.0 Å². The molecular weight excluding hydrogens is 617 g/mol. The molecule has 21 heteroatoms. The van der Waals surface area contributed by atoms with Crippen LogP contribution in [-0.2, 0) is 33.3 Å². The minimum Gasteiger partial charge on any atom is -0.477 e. The van der Waals surface area contributed by atoms with Crippen LogP contribution in [0.25, 0.3) is 0 Å². The van der Waals surface area contributed by atoms with Gasteiger partial charge in [0.2, 0.25) is 5.91 Å². The first-order chi connectivity index (χ1) is 20.1. The molecule has 0 bridgehead atoms. The van der Waals surface area contributed by atoms with Gasteiger partial charge in [-0.05, 0) is 0 Å². The van der Waals surface area contributed by atoms with E-state index in [1.165, 1.54) is 0 Å². The van der Waals surface area contributed by atoms with Crippen LogP contribution >= 0.6 is 0 Å². The van der Waals surface area contributed by atoms with Crippen molar-refractivity contribution in [3.63, 3.8) is 0 Å². The Labute approximate surface area is 271 Å². The Morgan fingerprint density at radius 3 is 2.09 bits per heavy atom. The number of hydrogen-bond acceptors (Lipinski definition) is 18. The standard InChI is InChI=1S/C23H39NO19.Na/c1-7(29)24-13-8(30)2-23(22(38)39,42-19(13)15(35)10(32)4-26)43-20-16(36)12(6-28)40-21(17(20)37)41-18(11(33)5-27)14(34)9(31)3-25;/h3,8-21,26-28,30-37H,2,4-6H2,1H3,(H,24,29)(H,38,39);/t8-,9-,10+,11+,12+,13+,14+,15+,16-,17+,18+,19+,20-,21-,23-;/m0./s1. The first kappa shape index (κ1) is 41.0. The van der Waals surface area contributed by atoms with Gasteiger partial charge in [0, 0.05) is 42.9 Å². The molecule has 0 saturated carbocycles. The molecule has 0 spiro atoms. The van der Waals surface area contributed by atoms with Crippen LogP contribution in [0.15, 0.2) is 0 Å². The number of carbonyl (C=O) groups excluding carboxylic acids is 2. The van der Waals surface area contributed by atoms with Crippen molar-refractivity contribution in [3.05, 3.63) is 0 Å². The smallest absolute Gasteiger partial charge is 0.364 e. The van der Waals surface area contributed by atoms with Crippen molar-refractivity contribution in [2.75, 3.05) is 19.8 Å². The fraction of sp³-hybridized carbons (Fsp3) is 0.870. The van der Waals surface area contributed by atoms with E-state index in [1.807, 2.05) is 0 Å². The van der Waals surface area contributed by atoms with Crippen molar-refractivity contribution >= 4 is 47.7 Å². The summed E-state index contributed by atoms with van der Waals surface area (Å²) in [4.78, 5) is 35.2. The van der Waals surface area contributed by atoms with E-state index in [2.05, 4.69) is 5.32 Å². The Morgan fingerprint density at radius 1 is 1.02 bits per heavy atom. The third-order valence-electron chi connectivity index (χ3n) is 7.02. The van der Waals surface area contributed by atoms with Gasteiger partial charge in [-0.1, -0.05) is 0 Å². The molecule has 0 aromatic heterocycles. The van der Waals surface area contributed by atoms with E-state index < -0.39 is 129 Å². The van der Waals surface area contributed by atoms with Gasteiger partial charge in [-0.25, -0.2) is 4.79 Å². The number of ether oxygens (including phenoxy) is 4. The summed E-state index contributed by atoms with van der Waals surface area (Å²) in [6.45, 7) is -2.18. The summed E-state index contributed by atoms with van der Waals surface area (Å²) < 4.78 is 21.5. The fourth-order valence-electron chi connectivity index (χ4n) is 4.71. The zero-order valence-electron chi connectivity index (χ0n) is 23.7. The molecule has 15 atom stereocenters. The van der Waals surface area contributed by atoms with Gasteiger partial charge in [0.25, 0.3) is 5.79 Å². The Kier molecular flexibility index (Phi) is 16.6. The predicted molar refractivity (Wildman–Crippen MR) is 137 cm³/mol. The topological polar surface area (TPSA) is 343 Å². The van der Waals surface area contributed by atoms with Crippen LogP contribution in [0.4, 0.5) is 0 Å². The first-order valence-electron chi connectivity index (χ1n) is 13.0. The maximum Gasteiger partial charge on any atom is 0.364 e. The number of aliphatic carboxylic acids is 1. The normalized spacial score (nSPS) is 36.5. The van der Waals surface area contributed by atoms with Crippen molar-refractivity contribution < 1.29 is 94.6 Å². The van der Waals surface area contributed by atoms with Gasteiger partial charge >= 0.3 is 5.97 Å². The van der Waals surface area contributed by atoms with Crippen molar-refractivity contribution in [2.45, 2.75) is 105 Å². The molecule has 0 aromatic carbocycles. The molecule has 2 heterocycles. The van der Waals surface area contributed by atoms with E-state index in [4.69, 9.17) is 18.9 Å². The maximum absolute atomic E-state index is 12.5. The second-order valence-corrected chi connectivity index (χ2v) is 10.1. The summed E-state index contributed by atoms with van der Waals surface area (Å²) in [5.74, 6) is -5.85. The molecule has 44 heavy (non-hydrogen) atoms. The molecule has 0 aromatic rings. The monoisotopic (exact) mass is 656 g/mol. The van der Waals surface area contributed by atoms with Crippen LogP contribution in [0.3, 0.4) is 0 Å². The Balaban J connectivity index is 0.00000968. The van der Waals surface area contributed by atoms with Crippen molar-refractivity contribution in [3.8, 4) is 0 Å². The zero-order valence-corrected chi connectivity index (χ0v) is 25.7. The second-order valence-electron chi connectivity index (χ2n) is 10.1. The number of nitrogens with one attached hydrogen (secondary N) is 1. The first-order valence-corrected chi connectivity index (χ1v) is 13.0. The molecule has 1 radical (unpaired) electrons. The van der Waals surface area contributed by atoms with Crippen molar-refractivity contribution in [2.24, 2.45) is 0 Å². The molecule has 2 aliphatic rings. The summed E-state index contributed by atoms with van der Waals surface area (Å²) in [7, 11) is 0. The van der Waals surface area contributed by atoms with Gasteiger partial charge in [0.1, 0.15) is 67.1 Å². The van der Waals surface area contributed by atoms with E-state index in [9.17, 15) is 75.7 Å². The van der Waals surface area contributed by atoms with Crippen LogP contribution < -0.4 is 5.32 Å². The van der Waals surface area contributed by atoms with E-state index in [0.29, 0.717) is 0 Å². The number of carboxylic acids is 1. The molecule has 0 unspecified atom stereocenters. The number of hydrogen-bond donors (Lipinski definition) is 13. The van der Waals surface area contributed by atoms with Crippen molar-refractivity contribution in [1.82, 2.24) is 5.32 Å². The van der Waals surface area contributed by atoms with Gasteiger partial charge in [0.15, 0.2) is 12.6 Å². The van der Waals surface area contributed by atoms with Crippen molar-refractivity contribution in [1.29, 1.82) is 0 Å². The molecule has 2 rings (SSSR count). The quantitative estimate of drug-likeness (QED) is 0.0574. The molecule has 0 aliphatic carbocycles. The Bertz CT molecular complexity index is 934. The van der Waals surface area contributed by atoms with Crippen LogP contribution in [-0.4, -0.2) is 220 Å². The van der Waals surface area contributed by atoms with E-state index >= 15 is 0 Å². The molecule has 20 nitrogen and oxygen atoms in total. The number of aldehydes is 1. The number of carboxylic acid groups (broad SMARTS) is 1. The number of aliphatic hydroxyl groups excluding tert-OH is 11. The molecule has 251 valence electrons. The minimum absolute atomic E-state index is 0.